The van der Waals surface area contributed by atoms with E-state index in [4.69, 9.17) is 12.2 Å². The Morgan fingerprint density at radius 1 is 0.839 bits per heavy atom. The molecule has 0 bridgehead atoms. The Kier molecular flexibility index (Phi) is 4.56. The summed E-state index contributed by atoms with van der Waals surface area (Å²) >= 11 is 5.17. The van der Waals surface area contributed by atoms with E-state index in [1.54, 1.807) is 12.1 Å². The topological polar surface area (TPSA) is 49.4 Å². The number of fused-ring (bicyclic) bond motifs is 2. The molecule has 150 valence electrons. The number of nitrogens with zero attached hydrogens (tertiary/aromatic N) is 1. The van der Waals surface area contributed by atoms with Crippen molar-refractivity contribution in [1.82, 2.24) is 5.32 Å². The summed E-state index contributed by atoms with van der Waals surface area (Å²) in [5.74, 6) is -1.89. The van der Waals surface area contributed by atoms with Crippen molar-refractivity contribution in [3.63, 3.8) is 0 Å². The van der Waals surface area contributed by atoms with E-state index in [1.807, 2.05) is 48.5 Å². The maximum Gasteiger partial charge on any atom is 0.270 e. The zero-order valence-electron chi connectivity index (χ0n) is 16.1. The maximum atomic E-state index is 14.4. The van der Waals surface area contributed by atoms with E-state index in [0.29, 0.717) is 0 Å². The zero-order chi connectivity index (χ0) is 21.5. The van der Waals surface area contributed by atoms with Crippen LogP contribution in [0.5, 0.6) is 0 Å². The molecule has 0 spiro atoms. The number of rotatable bonds is 2. The van der Waals surface area contributed by atoms with E-state index in [0.717, 1.165) is 32.0 Å². The molecule has 4 aromatic rings. The summed E-state index contributed by atoms with van der Waals surface area (Å²) in [6.07, 6.45) is 1.57. The van der Waals surface area contributed by atoms with Crippen molar-refractivity contribution in [2.75, 3.05) is 4.90 Å². The second-order valence-electron chi connectivity index (χ2n) is 7.14. The van der Waals surface area contributed by atoms with Gasteiger partial charge in [-0.15, -0.1) is 0 Å². The van der Waals surface area contributed by atoms with Crippen LogP contribution in [0.15, 0.2) is 84.4 Å². The summed E-state index contributed by atoms with van der Waals surface area (Å²) in [6.45, 7) is 0. The van der Waals surface area contributed by atoms with Gasteiger partial charge < -0.3 is 0 Å². The molecule has 5 rings (SSSR count). The van der Waals surface area contributed by atoms with Crippen LogP contribution < -0.4 is 10.2 Å². The highest BCUT2D eigenvalue weighted by Crippen LogP contribution is 2.32. The minimum Gasteiger partial charge on any atom is -0.298 e. The second-order valence-corrected chi connectivity index (χ2v) is 7.53. The van der Waals surface area contributed by atoms with Gasteiger partial charge in [-0.2, -0.15) is 0 Å². The molecule has 0 radical (unpaired) electrons. The van der Waals surface area contributed by atoms with E-state index < -0.39 is 17.6 Å². The zero-order valence-corrected chi connectivity index (χ0v) is 16.9. The van der Waals surface area contributed by atoms with Gasteiger partial charge in [0.25, 0.3) is 11.8 Å². The molecule has 1 N–H and O–H groups in total. The number of carbonyl (C=O) groups is 2. The molecule has 31 heavy (non-hydrogen) atoms. The number of nitrogens with one attached hydrogen (secondary N) is 1. The monoisotopic (exact) mass is 426 g/mol. The van der Waals surface area contributed by atoms with Gasteiger partial charge in [0.15, 0.2) is 5.11 Å². The van der Waals surface area contributed by atoms with Gasteiger partial charge in [0, 0.05) is 0 Å². The first-order valence-corrected chi connectivity index (χ1v) is 10.0. The van der Waals surface area contributed by atoms with Crippen molar-refractivity contribution in [3.8, 4) is 0 Å². The minimum absolute atomic E-state index is 0.00817. The fraction of sp³-hybridized carbons (Fsp3) is 0. The summed E-state index contributed by atoms with van der Waals surface area (Å²) in [7, 11) is 0. The van der Waals surface area contributed by atoms with Crippen LogP contribution in [0.1, 0.15) is 5.56 Å². The number of para-hydroxylation sites is 1. The first-order valence-electron chi connectivity index (χ1n) is 9.61. The Balaban J connectivity index is 1.74. The molecule has 1 saturated heterocycles. The van der Waals surface area contributed by atoms with Gasteiger partial charge in [-0.25, -0.2) is 9.29 Å². The molecule has 1 aliphatic heterocycles. The molecule has 4 aromatic carbocycles. The van der Waals surface area contributed by atoms with E-state index in [1.165, 1.54) is 18.2 Å². The van der Waals surface area contributed by atoms with Crippen LogP contribution in [0.3, 0.4) is 0 Å². The summed E-state index contributed by atoms with van der Waals surface area (Å²) in [4.78, 5) is 27.1. The SMILES string of the molecule is O=C1NC(=S)N(c2ccccc2F)C(=O)/C1=C\c1c2ccccc2cc2ccccc12. The van der Waals surface area contributed by atoms with Crippen LogP contribution in [-0.4, -0.2) is 16.9 Å². The molecule has 4 nitrogen and oxygen atoms in total. The normalized spacial score (nSPS) is 15.7. The Bertz CT molecular complexity index is 1390. The van der Waals surface area contributed by atoms with Crippen molar-refractivity contribution in [1.29, 1.82) is 0 Å². The Morgan fingerprint density at radius 3 is 2.06 bits per heavy atom. The third-order valence-electron chi connectivity index (χ3n) is 5.30. The van der Waals surface area contributed by atoms with Crippen LogP contribution in [0.4, 0.5) is 10.1 Å². The molecule has 6 heteroatoms. The predicted octanol–water partition coefficient (Wildman–Crippen LogP) is 4.96. The number of hydrogen-bond acceptors (Lipinski definition) is 3. The first-order chi connectivity index (χ1) is 15.0. The van der Waals surface area contributed by atoms with Crippen LogP contribution in [0, 0.1) is 5.82 Å². The van der Waals surface area contributed by atoms with Gasteiger partial charge >= 0.3 is 0 Å². The lowest BCUT2D eigenvalue weighted by Crippen LogP contribution is -2.54. The van der Waals surface area contributed by atoms with E-state index in [9.17, 15) is 14.0 Å². The van der Waals surface area contributed by atoms with Gasteiger partial charge in [0.1, 0.15) is 11.4 Å². The molecule has 0 atom stereocenters. The number of amides is 2. The molecule has 0 saturated carbocycles. The highest BCUT2D eigenvalue weighted by Gasteiger charge is 2.35. The lowest BCUT2D eigenvalue weighted by molar-refractivity contribution is -0.122. The van der Waals surface area contributed by atoms with Crippen molar-refractivity contribution in [2.24, 2.45) is 0 Å². The molecule has 1 heterocycles. The summed E-state index contributed by atoms with van der Waals surface area (Å²) in [5, 5.41) is 6.14. The smallest absolute Gasteiger partial charge is 0.270 e. The maximum absolute atomic E-state index is 14.4. The third kappa shape index (κ3) is 3.17. The first kappa shape index (κ1) is 19.1. The Hall–Kier alpha value is -3.90. The Morgan fingerprint density at radius 2 is 1.42 bits per heavy atom. The number of thiocarbonyl (C=S) groups is 1. The van der Waals surface area contributed by atoms with Crippen molar-refractivity contribution < 1.29 is 14.0 Å². The van der Waals surface area contributed by atoms with Gasteiger partial charge in [-0.05, 0) is 63.6 Å². The fourth-order valence-corrected chi connectivity index (χ4v) is 4.13. The fourth-order valence-electron chi connectivity index (χ4n) is 3.86. The average molecular weight is 426 g/mol. The van der Waals surface area contributed by atoms with Gasteiger partial charge in [0.2, 0.25) is 0 Å². The molecule has 0 unspecified atom stereocenters. The largest absolute Gasteiger partial charge is 0.298 e. The van der Waals surface area contributed by atoms with Crippen molar-refractivity contribution in [3.05, 3.63) is 95.8 Å². The van der Waals surface area contributed by atoms with E-state index in [2.05, 4.69) is 11.4 Å². The minimum atomic E-state index is -0.670. The standard InChI is InChI=1S/C25H15FN2O2S/c26-21-11-5-6-12-22(21)28-24(30)20(23(29)27-25(28)31)14-19-17-9-3-1-7-15(17)13-16-8-2-4-10-18(16)19/h1-14H,(H,27,29,31)/b20-14-. The molecule has 1 fully saturated rings. The van der Waals surface area contributed by atoms with Gasteiger partial charge in [-0.1, -0.05) is 60.7 Å². The third-order valence-corrected chi connectivity index (χ3v) is 5.58. The van der Waals surface area contributed by atoms with E-state index >= 15 is 0 Å². The molecular weight excluding hydrogens is 411 g/mol. The highest BCUT2D eigenvalue weighted by molar-refractivity contribution is 7.80. The summed E-state index contributed by atoms with van der Waals surface area (Å²) < 4.78 is 14.4. The van der Waals surface area contributed by atoms with Crippen molar-refractivity contribution >= 4 is 62.5 Å². The lowest BCUT2D eigenvalue weighted by Gasteiger charge is -2.29. The number of benzene rings is 4. The van der Waals surface area contributed by atoms with Crippen LogP contribution >= 0.6 is 12.2 Å². The number of carbonyl (C=O) groups excluding carboxylic acids is 2. The predicted molar refractivity (Wildman–Crippen MR) is 124 cm³/mol. The molecule has 1 aliphatic rings. The molecular formula is C25H15FN2O2S. The second kappa shape index (κ2) is 7.41. The number of anilines is 1. The lowest BCUT2D eigenvalue weighted by atomic mass is 9.94. The summed E-state index contributed by atoms with van der Waals surface area (Å²) in [5.41, 5.74) is 0.623. The van der Waals surface area contributed by atoms with Crippen LogP contribution in [0.2, 0.25) is 0 Å². The number of halogens is 1. The molecule has 0 aromatic heterocycles. The van der Waals surface area contributed by atoms with Crippen molar-refractivity contribution in [2.45, 2.75) is 0 Å². The van der Waals surface area contributed by atoms with Gasteiger partial charge in [-0.3, -0.25) is 14.9 Å². The van der Waals surface area contributed by atoms with Crippen LogP contribution in [-0.2, 0) is 9.59 Å². The summed E-state index contributed by atoms with van der Waals surface area (Å²) in [6, 6.07) is 23.4. The Labute approximate surface area is 182 Å². The average Bonchev–Trinajstić information content (AvgIpc) is 2.77. The molecule has 2 amide bonds. The number of hydrogen-bond donors (Lipinski definition) is 1. The molecule has 0 aliphatic carbocycles. The quantitative estimate of drug-likeness (QED) is 0.213. The van der Waals surface area contributed by atoms with Crippen LogP contribution in [0.25, 0.3) is 27.6 Å². The van der Waals surface area contributed by atoms with Gasteiger partial charge in [0.05, 0.1) is 5.69 Å². The highest BCUT2D eigenvalue weighted by atomic mass is 32.1. The van der Waals surface area contributed by atoms with E-state index in [-0.39, 0.29) is 16.4 Å².